The van der Waals surface area contributed by atoms with E-state index in [2.05, 4.69) is 9.97 Å². The van der Waals surface area contributed by atoms with E-state index in [1.165, 1.54) is 24.7 Å². The van der Waals surface area contributed by atoms with Crippen molar-refractivity contribution in [3.05, 3.63) is 42.4 Å². The fourth-order valence-electron chi connectivity index (χ4n) is 1.11. The second-order valence-corrected chi connectivity index (χ2v) is 3.14. The molecule has 1 N–H and O–H groups in total. The second-order valence-electron chi connectivity index (χ2n) is 2.77. The summed E-state index contributed by atoms with van der Waals surface area (Å²) in [5.41, 5.74) is 0.858. The number of hydrogen-bond acceptors (Lipinski definition) is 2. The number of halogens is 4. The SMILES string of the molecule is Fc1ccc(-c2cnc[nH]2)c(F)c1.O=S(F)F. The molecule has 8 heteroatoms. The van der Waals surface area contributed by atoms with E-state index in [0.717, 1.165) is 6.07 Å². The third kappa shape index (κ3) is 4.35. The maximum Gasteiger partial charge on any atom is 0.385 e. The number of nitrogens with one attached hydrogen (secondary N) is 1. The molecule has 0 aliphatic heterocycles. The molecule has 0 aliphatic carbocycles. The number of hydrogen-bond donors (Lipinski definition) is 1. The van der Waals surface area contributed by atoms with Crippen molar-refractivity contribution in [3.63, 3.8) is 0 Å². The predicted octanol–water partition coefficient (Wildman–Crippen LogP) is 2.86. The first-order valence-corrected chi connectivity index (χ1v) is 5.14. The Morgan fingerprint density at radius 1 is 1.24 bits per heavy atom. The number of aromatic nitrogens is 2. The van der Waals surface area contributed by atoms with Crippen molar-refractivity contribution in [2.45, 2.75) is 0 Å². The van der Waals surface area contributed by atoms with Crippen LogP contribution in [0.4, 0.5) is 16.6 Å². The van der Waals surface area contributed by atoms with Crippen molar-refractivity contribution in [1.29, 1.82) is 0 Å². The molecule has 0 atom stereocenters. The summed E-state index contributed by atoms with van der Waals surface area (Å²) < 4.78 is 53.5. The van der Waals surface area contributed by atoms with Gasteiger partial charge in [-0.1, -0.05) is 7.77 Å². The molecular weight excluding hydrogens is 260 g/mol. The van der Waals surface area contributed by atoms with Crippen LogP contribution in [-0.4, -0.2) is 14.2 Å². The lowest BCUT2D eigenvalue weighted by Crippen LogP contribution is -1.85. The van der Waals surface area contributed by atoms with Gasteiger partial charge in [-0.05, 0) is 12.1 Å². The van der Waals surface area contributed by atoms with Crippen LogP contribution in [0, 0.1) is 11.6 Å². The number of benzene rings is 1. The van der Waals surface area contributed by atoms with Gasteiger partial charge in [0.1, 0.15) is 11.6 Å². The van der Waals surface area contributed by atoms with Crippen molar-refractivity contribution >= 4 is 11.6 Å². The lowest BCUT2D eigenvalue weighted by atomic mass is 10.1. The van der Waals surface area contributed by atoms with Crippen molar-refractivity contribution in [2.75, 3.05) is 0 Å². The first-order valence-electron chi connectivity index (χ1n) is 4.19. The van der Waals surface area contributed by atoms with Gasteiger partial charge < -0.3 is 4.98 Å². The third-order valence-electron chi connectivity index (χ3n) is 1.72. The number of aromatic amines is 1. The molecule has 2 aromatic rings. The molecule has 0 saturated heterocycles. The molecule has 1 aromatic heterocycles. The Balaban J connectivity index is 0.000000317. The quantitative estimate of drug-likeness (QED) is 0.637. The molecule has 0 spiro atoms. The van der Waals surface area contributed by atoms with Crippen LogP contribution in [0.2, 0.25) is 0 Å². The van der Waals surface area contributed by atoms with E-state index in [1.807, 2.05) is 0 Å². The molecule has 0 bridgehead atoms. The maximum absolute atomic E-state index is 13.1. The van der Waals surface area contributed by atoms with Gasteiger partial charge in [0.25, 0.3) is 0 Å². The fourth-order valence-corrected chi connectivity index (χ4v) is 1.11. The van der Waals surface area contributed by atoms with Crippen LogP contribution in [0.15, 0.2) is 30.7 Å². The molecule has 1 aromatic carbocycles. The minimum absolute atomic E-state index is 0.318. The van der Waals surface area contributed by atoms with E-state index in [1.54, 1.807) is 0 Å². The van der Waals surface area contributed by atoms with Crippen LogP contribution in [0.5, 0.6) is 0 Å². The van der Waals surface area contributed by atoms with Gasteiger partial charge in [0.2, 0.25) is 0 Å². The van der Waals surface area contributed by atoms with Gasteiger partial charge in [-0.3, -0.25) is 0 Å². The van der Waals surface area contributed by atoms with E-state index in [-0.39, 0.29) is 0 Å². The Bertz CT molecular complexity index is 500. The summed E-state index contributed by atoms with van der Waals surface area (Å²) in [7, 11) is 0. The summed E-state index contributed by atoms with van der Waals surface area (Å²) in [6, 6.07) is 3.42. The van der Waals surface area contributed by atoms with Crippen LogP contribution in [0.25, 0.3) is 11.3 Å². The highest BCUT2D eigenvalue weighted by molar-refractivity contribution is 7.74. The summed E-state index contributed by atoms with van der Waals surface area (Å²) in [6.07, 6.45) is 2.93. The van der Waals surface area contributed by atoms with Crippen molar-refractivity contribution in [2.24, 2.45) is 0 Å². The van der Waals surface area contributed by atoms with Crippen LogP contribution in [0.3, 0.4) is 0 Å². The van der Waals surface area contributed by atoms with E-state index in [0.29, 0.717) is 11.3 Å². The standard InChI is InChI=1S/C9H6F2N2.F2OS/c10-6-1-2-7(8(11)3-6)9-4-12-5-13-9;1-4(2)3/h1-5H,(H,12,13);. The van der Waals surface area contributed by atoms with E-state index >= 15 is 0 Å². The topological polar surface area (TPSA) is 45.8 Å². The summed E-state index contributed by atoms with van der Waals surface area (Å²) in [5.74, 6) is -1.18. The van der Waals surface area contributed by atoms with Crippen molar-refractivity contribution in [1.82, 2.24) is 9.97 Å². The van der Waals surface area contributed by atoms with Gasteiger partial charge in [0.05, 0.1) is 18.2 Å². The molecule has 3 nitrogen and oxygen atoms in total. The summed E-state index contributed by atoms with van der Waals surface area (Å²) in [6.45, 7) is 0. The first-order chi connectivity index (χ1) is 8.00. The Labute approximate surface area is 96.6 Å². The highest BCUT2D eigenvalue weighted by Gasteiger charge is 2.06. The minimum atomic E-state index is -3.61. The lowest BCUT2D eigenvalue weighted by molar-refractivity contribution is 0.585. The van der Waals surface area contributed by atoms with Gasteiger partial charge in [0, 0.05) is 11.6 Å². The number of rotatable bonds is 1. The van der Waals surface area contributed by atoms with E-state index < -0.39 is 23.2 Å². The zero-order valence-corrected chi connectivity index (χ0v) is 8.98. The van der Waals surface area contributed by atoms with Gasteiger partial charge >= 0.3 is 11.6 Å². The Morgan fingerprint density at radius 3 is 2.35 bits per heavy atom. The predicted molar refractivity (Wildman–Crippen MR) is 54.3 cm³/mol. The molecule has 17 heavy (non-hydrogen) atoms. The summed E-state index contributed by atoms with van der Waals surface area (Å²) >= 11 is -3.61. The highest BCUT2D eigenvalue weighted by atomic mass is 32.2. The van der Waals surface area contributed by atoms with E-state index in [4.69, 9.17) is 4.21 Å². The van der Waals surface area contributed by atoms with Crippen molar-refractivity contribution < 1.29 is 20.8 Å². The average molecular weight is 266 g/mol. The Hall–Kier alpha value is -1.70. The minimum Gasteiger partial charge on any atom is -0.345 e. The molecule has 2 rings (SSSR count). The molecule has 92 valence electrons. The van der Waals surface area contributed by atoms with Crippen LogP contribution in [0.1, 0.15) is 0 Å². The molecular formula is C9H6F4N2OS. The summed E-state index contributed by atoms with van der Waals surface area (Å²) in [4.78, 5) is 6.49. The van der Waals surface area contributed by atoms with E-state index in [9.17, 15) is 16.6 Å². The van der Waals surface area contributed by atoms with Crippen LogP contribution >= 0.6 is 0 Å². The number of nitrogens with zero attached hydrogens (tertiary/aromatic N) is 1. The fraction of sp³-hybridized carbons (Fsp3) is 0. The third-order valence-corrected chi connectivity index (χ3v) is 1.72. The lowest BCUT2D eigenvalue weighted by Gasteiger charge is -1.98. The molecule has 0 fully saturated rings. The van der Waals surface area contributed by atoms with Crippen LogP contribution in [-0.2, 0) is 11.6 Å². The Kier molecular flexibility index (Phi) is 4.83. The Morgan fingerprint density at radius 2 is 1.88 bits per heavy atom. The first kappa shape index (κ1) is 13.4. The monoisotopic (exact) mass is 266 g/mol. The van der Waals surface area contributed by atoms with Gasteiger partial charge in [-0.25, -0.2) is 13.8 Å². The molecule has 0 amide bonds. The number of H-pyrrole nitrogens is 1. The second kappa shape index (κ2) is 6.14. The summed E-state index contributed by atoms with van der Waals surface area (Å²) in [5, 5.41) is 0. The molecule has 0 aliphatic rings. The van der Waals surface area contributed by atoms with Gasteiger partial charge in [0.15, 0.2) is 0 Å². The maximum atomic E-state index is 13.1. The van der Waals surface area contributed by atoms with Gasteiger partial charge in [-0.15, -0.1) is 0 Å². The highest BCUT2D eigenvalue weighted by Crippen LogP contribution is 2.20. The normalized spacial score (nSPS) is 9.94. The smallest absolute Gasteiger partial charge is 0.345 e. The van der Waals surface area contributed by atoms with Gasteiger partial charge in [-0.2, -0.15) is 4.21 Å². The zero-order chi connectivity index (χ0) is 12.8. The molecule has 0 saturated carbocycles. The average Bonchev–Trinajstić information content (AvgIpc) is 2.69. The largest absolute Gasteiger partial charge is 0.385 e. The molecule has 1 heterocycles. The van der Waals surface area contributed by atoms with Crippen LogP contribution < -0.4 is 0 Å². The molecule has 0 unspecified atom stereocenters. The van der Waals surface area contributed by atoms with Crippen molar-refractivity contribution in [3.8, 4) is 11.3 Å². The molecule has 0 radical (unpaired) electrons. The number of imidazole rings is 1. The zero-order valence-electron chi connectivity index (χ0n) is 8.16.